The fourth-order valence-corrected chi connectivity index (χ4v) is 7.93. The van der Waals surface area contributed by atoms with E-state index in [2.05, 4.69) is 97.5 Å². The summed E-state index contributed by atoms with van der Waals surface area (Å²) in [4.78, 5) is 0. The second-order valence-electron chi connectivity index (χ2n) is 5.72. The number of hydrogen-bond donors (Lipinski definition) is 0. The van der Waals surface area contributed by atoms with Gasteiger partial charge in [-0.15, -0.1) is 0 Å². The molecule has 23 heavy (non-hydrogen) atoms. The highest BCUT2D eigenvalue weighted by Crippen LogP contribution is 2.34. The first-order valence-corrected chi connectivity index (χ1v) is 11.8. The molecule has 0 spiro atoms. The molecule has 0 amide bonds. The van der Waals surface area contributed by atoms with E-state index in [1.54, 1.807) is 5.19 Å². The van der Waals surface area contributed by atoms with Gasteiger partial charge in [0.2, 0.25) is 0 Å². The normalized spacial score (nSPS) is 11.1. The molecule has 0 fully saturated rings. The van der Waals surface area contributed by atoms with Crippen LogP contribution >= 0.6 is 7.92 Å². The Bertz CT molecular complexity index is 658. The first kappa shape index (κ1) is 16.2. The summed E-state index contributed by atoms with van der Waals surface area (Å²) in [5, 5.41) is 4.54. The molecule has 0 unspecified atom stereocenters. The van der Waals surface area contributed by atoms with Gasteiger partial charge in [0.15, 0.2) is 0 Å². The largest absolute Gasteiger partial charge is 0.0827 e. The van der Waals surface area contributed by atoms with Crippen LogP contribution in [0, 0.1) is 0 Å². The van der Waals surface area contributed by atoms with Crippen LogP contribution in [0.3, 0.4) is 0 Å². The lowest BCUT2D eigenvalue weighted by Gasteiger charge is -2.20. The van der Waals surface area contributed by atoms with Crippen LogP contribution in [0.5, 0.6) is 0 Å². The zero-order chi connectivity index (χ0) is 15.9. The molecule has 0 heterocycles. The van der Waals surface area contributed by atoms with Gasteiger partial charge < -0.3 is 0 Å². The third kappa shape index (κ3) is 4.40. The van der Waals surface area contributed by atoms with Gasteiger partial charge in [0, 0.05) is 0 Å². The van der Waals surface area contributed by atoms with E-state index in [4.69, 9.17) is 0 Å². The summed E-state index contributed by atoms with van der Waals surface area (Å²) < 4.78 is 0. The van der Waals surface area contributed by atoms with Crippen LogP contribution < -0.4 is 15.8 Å². The Morgan fingerprint density at radius 3 is 1.57 bits per heavy atom. The SMILES string of the molecule is C[Si](CCP(c1ccccc1)c1ccccc1)c1ccccc1. The molecule has 0 aromatic heterocycles. The number of rotatable bonds is 6. The van der Waals surface area contributed by atoms with Gasteiger partial charge in [-0.25, -0.2) is 0 Å². The lowest BCUT2D eigenvalue weighted by Crippen LogP contribution is -2.28. The molecular formula is C21H22PSi. The fraction of sp³-hybridized carbons (Fsp3) is 0.143. The Balaban J connectivity index is 1.77. The Hall–Kier alpha value is -1.69. The van der Waals surface area contributed by atoms with Crippen molar-refractivity contribution in [2.75, 3.05) is 6.16 Å². The topological polar surface area (TPSA) is 0 Å². The molecule has 3 aromatic rings. The van der Waals surface area contributed by atoms with Crippen molar-refractivity contribution in [3.63, 3.8) is 0 Å². The quantitative estimate of drug-likeness (QED) is 0.469. The summed E-state index contributed by atoms with van der Waals surface area (Å²) in [5.74, 6) is 0. The Morgan fingerprint density at radius 1 is 0.652 bits per heavy atom. The average molecular weight is 333 g/mol. The van der Waals surface area contributed by atoms with Crippen molar-refractivity contribution in [1.29, 1.82) is 0 Å². The molecule has 3 aromatic carbocycles. The van der Waals surface area contributed by atoms with Crippen molar-refractivity contribution in [1.82, 2.24) is 0 Å². The van der Waals surface area contributed by atoms with Crippen LogP contribution in [0.25, 0.3) is 0 Å². The van der Waals surface area contributed by atoms with Crippen LogP contribution in [0.15, 0.2) is 91.0 Å². The molecule has 3 rings (SSSR count). The third-order valence-electron chi connectivity index (χ3n) is 4.11. The second kappa shape index (κ2) is 8.24. The summed E-state index contributed by atoms with van der Waals surface area (Å²) >= 11 is 0. The first-order chi connectivity index (χ1) is 11.3. The lowest BCUT2D eigenvalue weighted by molar-refractivity contribution is 1.43. The monoisotopic (exact) mass is 333 g/mol. The summed E-state index contributed by atoms with van der Waals surface area (Å²) in [5.41, 5.74) is 0. The predicted octanol–water partition coefficient (Wildman–Crippen LogP) is 4.15. The van der Waals surface area contributed by atoms with E-state index in [-0.39, 0.29) is 7.92 Å². The summed E-state index contributed by atoms with van der Waals surface area (Å²) in [6, 6.07) is 34.4. The highest BCUT2D eigenvalue weighted by molar-refractivity contribution is 7.73. The molecule has 0 aliphatic heterocycles. The Morgan fingerprint density at radius 2 is 1.09 bits per heavy atom. The fourth-order valence-electron chi connectivity index (χ4n) is 2.77. The smallest absolute Gasteiger partial charge is 0.0669 e. The maximum absolute atomic E-state index is 2.45. The van der Waals surface area contributed by atoms with E-state index in [1.807, 2.05) is 0 Å². The van der Waals surface area contributed by atoms with Gasteiger partial charge in [-0.3, -0.25) is 0 Å². The highest BCUT2D eigenvalue weighted by atomic mass is 31.1. The van der Waals surface area contributed by atoms with Gasteiger partial charge in [0.25, 0.3) is 0 Å². The van der Waals surface area contributed by atoms with Crippen molar-refractivity contribution < 1.29 is 0 Å². The minimum absolute atomic E-state index is 0.248. The van der Waals surface area contributed by atoms with Crippen molar-refractivity contribution in [3.05, 3.63) is 91.0 Å². The molecule has 2 heteroatoms. The van der Waals surface area contributed by atoms with Crippen LogP contribution in [0.4, 0.5) is 0 Å². The standard InChI is InChI=1S/C21H22PSi/c1-23(21-15-9-4-10-16-21)18-17-22(19-11-5-2-6-12-19)20-13-7-3-8-14-20/h2-16H,17-18H2,1H3. The van der Waals surface area contributed by atoms with Crippen LogP contribution in [0.2, 0.25) is 12.6 Å². The average Bonchev–Trinajstić information content (AvgIpc) is 2.64. The van der Waals surface area contributed by atoms with Crippen LogP contribution in [-0.4, -0.2) is 15.0 Å². The third-order valence-corrected chi connectivity index (χ3v) is 9.37. The molecule has 0 nitrogen and oxygen atoms in total. The minimum Gasteiger partial charge on any atom is -0.0669 e. The summed E-state index contributed by atoms with van der Waals surface area (Å²) in [6.07, 6.45) is 1.28. The van der Waals surface area contributed by atoms with E-state index < -0.39 is 8.80 Å². The second-order valence-corrected chi connectivity index (χ2v) is 10.7. The molecule has 0 bridgehead atoms. The predicted molar refractivity (Wildman–Crippen MR) is 106 cm³/mol. The van der Waals surface area contributed by atoms with E-state index >= 15 is 0 Å². The van der Waals surface area contributed by atoms with E-state index in [0.29, 0.717) is 0 Å². The van der Waals surface area contributed by atoms with E-state index in [1.165, 1.54) is 22.8 Å². The highest BCUT2D eigenvalue weighted by Gasteiger charge is 2.16. The van der Waals surface area contributed by atoms with Gasteiger partial charge in [0.05, 0.1) is 8.80 Å². The molecule has 0 saturated carbocycles. The molecule has 0 aliphatic carbocycles. The maximum atomic E-state index is 2.45. The minimum atomic E-state index is -0.460. The first-order valence-electron chi connectivity index (χ1n) is 8.10. The van der Waals surface area contributed by atoms with Gasteiger partial charge in [0.1, 0.15) is 0 Å². The van der Waals surface area contributed by atoms with E-state index in [9.17, 15) is 0 Å². The molecule has 0 saturated heterocycles. The van der Waals surface area contributed by atoms with Crippen molar-refractivity contribution >= 4 is 32.5 Å². The van der Waals surface area contributed by atoms with Crippen molar-refractivity contribution in [2.24, 2.45) is 0 Å². The number of hydrogen-bond acceptors (Lipinski definition) is 0. The molecular weight excluding hydrogens is 311 g/mol. The molecule has 0 atom stereocenters. The van der Waals surface area contributed by atoms with Gasteiger partial charge in [-0.05, 0) is 24.7 Å². The molecule has 0 aliphatic rings. The van der Waals surface area contributed by atoms with Crippen molar-refractivity contribution in [3.8, 4) is 0 Å². The van der Waals surface area contributed by atoms with Crippen molar-refractivity contribution in [2.45, 2.75) is 12.6 Å². The molecule has 0 N–H and O–H groups in total. The Kier molecular flexibility index (Phi) is 5.80. The van der Waals surface area contributed by atoms with Crippen LogP contribution in [0.1, 0.15) is 0 Å². The number of benzene rings is 3. The summed E-state index contributed by atoms with van der Waals surface area (Å²) in [7, 11) is -0.708. The van der Waals surface area contributed by atoms with Gasteiger partial charge in [-0.2, -0.15) is 0 Å². The van der Waals surface area contributed by atoms with Crippen LogP contribution in [-0.2, 0) is 0 Å². The molecule has 1 radical (unpaired) electrons. The van der Waals surface area contributed by atoms with E-state index in [0.717, 1.165) is 0 Å². The Labute approximate surface area is 142 Å². The zero-order valence-corrected chi connectivity index (χ0v) is 15.4. The zero-order valence-electron chi connectivity index (χ0n) is 13.5. The molecule has 115 valence electrons. The van der Waals surface area contributed by atoms with Gasteiger partial charge >= 0.3 is 0 Å². The van der Waals surface area contributed by atoms with Gasteiger partial charge in [-0.1, -0.05) is 109 Å². The summed E-state index contributed by atoms with van der Waals surface area (Å²) in [6.45, 7) is 2.45. The maximum Gasteiger partial charge on any atom is 0.0827 e. The lowest BCUT2D eigenvalue weighted by atomic mass is 10.4.